The van der Waals surface area contributed by atoms with Gasteiger partial charge in [-0.2, -0.15) is 0 Å². The van der Waals surface area contributed by atoms with E-state index in [1.807, 2.05) is 0 Å². The third-order valence-corrected chi connectivity index (χ3v) is 3.18. The molecule has 19 heavy (non-hydrogen) atoms. The number of aromatic hydroxyl groups is 2. The minimum absolute atomic E-state index is 0.239. The molecule has 0 aliphatic rings. The molecule has 0 aliphatic heterocycles. The molecule has 0 unspecified atom stereocenters. The quantitative estimate of drug-likeness (QED) is 0.505. The number of amides is 1. The Kier molecular flexibility index (Phi) is 3.62. The number of rotatable bonds is 2. The van der Waals surface area contributed by atoms with Crippen LogP contribution in [0.3, 0.4) is 0 Å². The molecule has 0 aliphatic carbocycles. The first-order valence-electron chi connectivity index (χ1n) is 5.36. The van der Waals surface area contributed by atoms with Crippen molar-refractivity contribution in [3.05, 3.63) is 46.4 Å². The smallest absolute Gasteiger partial charge is 0.255 e. The first-order valence-corrected chi connectivity index (χ1v) is 6.15. The summed E-state index contributed by atoms with van der Waals surface area (Å²) in [4.78, 5) is 11.9. The highest BCUT2D eigenvalue weighted by atomic mass is 79.9. The summed E-state index contributed by atoms with van der Waals surface area (Å²) in [5.41, 5.74) is 7.02. The van der Waals surface area contributed by atoms with E-state index in [-0.39, 0.29) is 17.1 Å². The molecule has 0 bridgehead atoms. The summed E-state index contributed by atoms with van der Waals surface area (Å²) in [6, 6.07) is 8.86. The average molecular weight is 323 g/mol. The molecule has 2 aromatic carbocycles. The number of phenols is 2. The molecule has 6 heteroatoms. The predicted octanol–water partition coefficient (Wildman–Crippen LogP) is 2.69. The first-order chi connectivity index (χ1) is 8.97. The van der Waals surface area contributed by atoms with Crippen molar-refractivity contribution in [2.24, 2.45) is 0 Å². The van der Waals surface area contributed by atoms with E-state index in [1.165, 1.54) is 18.2 Å². The Morgan fingerprint density at radius 2 is 1.84 bits per heavy atom. The number of hydrogen-bond acceptors (Lipinski definition) is 4. The molecule has 0 atom stereocenters. The lowest BCUT2D eigenvalue weighted by Crippen LogP contribution is -2.11. The Hall–Kier alpha value is -2.21. The van der Waals surface area contributed by atoms with Crippen molar-refractivity contribution in [1.29, 1.82) is 0 Å². The predicted molar refractivity (Wildman–Crippen MR) is 76.3 cm³/mol. The molecule has 0 saturated heterocycles. The van der Waals surface area contributed by atoms with Crippen molar-refractivity contribution in [2.45, 2.75) is 0 Å². The summed E-state index contributed by atoms with van der Waals surface area (Å²) >= 11 is 3.26. The van der Waals surface area contributed by atoms with Crippen LogP contribution < -0.4 is 11.1 Å². The van der Waals surface area contributed by atoms with Gasteiger partial charge in [0.2, 0.25) is 0 Å². The van der Waals surface area contributed by atoms with E-state index in [0.29, 0.717) is 15.8 Å². The Balaban J connectivity index is 2.20. The number of carbonyl (C=O) groups is 1. The summed E-state index contributed by atoms with van der Waals surface area (Å²) in [7, 11) is 0. The summed E-state index contributed by atoms with van der Waals surface area (Å²) in [6.45, 7) is 0. The zero-order valence-electron chi connectivity index (χ0n) is 9.72. The molecule has 2 rings (SSSR count). The molecule has 5 nitrogen and oxygen atoms in total. The molecule has 0 heterocycles. The number of carbonyl (C=O) groups excluding carboxylic acids is 1. The lowest BCUT2D eigenvalue weighted by Gasteiger charge is -2.07. The fourth-order valence-electron chi connectivity index (χ4n) is 1.47. The van der Waals surface area contributed by atoms with Crippen LogP contribution in [0.2, 0.25) is 0 Å². The molecule has 1 amide bonds. The first kappa shape index (κ1) is 13.2. The number of phenolic OH excluding ortho intramolecular Hbond substituents is 2. The van der Waals surface area contributed by atoms with E-state index < -0.39 is 5.91 Å². The maximum Gasteiger partial charge on any atom is 0.255 e. The third-order valence-electron chi connectivity index (χ3n) is 2.50. The normalized spacial score (nSPS) is 10.2. The highest BCUT2D eigenvalue weighted by Crippen LogP contribution is 2.26. The van der Waals surface area contributed by atoms with E-state index in [2.05, 4.69) is 21.2 Å². The van der Waals surface area contributed by atoms with Crippen LogP contribution in [0, 0.1) is 0 Å². The Labute approximate surface area is 117 Å². The standard InChI is InChI=1S/C13H11BrN2O3/c14-9-6-8(2-3-10(9)15)16-13(19)7-1-4-11(17)12(18)5-7/h1-6,17-18H,15H2,(H,16,19). The van der Waals surface area contributed by atoms with Crippen LogP contribution >= 0.6 is 15.9 Å². The van der Waals surface area contributed by atoms with E-state index in [1.54, 1.807) is 18.2 Å². The van der Waals surface area contributed by atoms with Gasteiger partial charge in [-0.05, 0) is 52.3 Å². The van der Waals surface area contributed by atoms with Gasteiger partial charge >= 0.3 is 0 Å². The SMILES string of the molecule is Nc1ccc(NC(=O)c2ccc(O)c(O)c2)cc1Br. The van der Waals surface area contributed by atoms with Gasteiger partial charge in [0.25, 0.3) is 5.91 Å². The van der Waals surface area contributed by atoms with Crippen molar-refractivity contribution in [2.75, 3.05) is 11.1 Å². The molecule has 0 radical (unpaired) electrons. The summed E-state index contributed by atoms with van der Waals surface area (Å²) < 4.78 is 0.679. The highest BCUT2D eigenvalue weighted by molar-refractivity contribution is 9.10. The largest absolute Gasteiger partial charge is 0.504 e. The molecular formula is C13H11BrN2O3. The van der Waals surface area contributed by atoms with Crippen molar-refractivity contribution in [3.63, 3.8) is 0 Å². The van der Waals surface area contributed by atoms with Crippen LogP contribution in [0.1, 0.15) is 10.4 Å². The lowest BCUT2D eigenvalue weighted by molar-refractivity contribution is 0.102. The van der Waals surface area contributed by atoms with Gasteiger partial charge in [-0.1, -0.05) is 0 Å². The van der Waals surface area contributed by atoms with Gasteiger partial charge in [0.15, 0.2) is 11.5 Å². The monoisotopic (exact) mass is 322 g/mol. The van der Waals surface area contributed by atoms with Gasteiger partial charge in [0.1, 0.15) is 0 Å². The highest BCUT2D eigenvalue weighted by Gasteiger charge is 2.09. The van der Waals surface area contributed by atoms with Crippen LogP contribution in [0.25, 0.3) is 0 Å². The van der Waals surface area contributed by atoms with Crippen LogP contribution in [0.5, 0.6) is 11.5 Å². The minimum Gasteiger partial charge on any atom is -0.504 e. The fraction of sp³-hybridized carbons (Fsp3) is 0. The molecule has 5 N–H and O–H groups in total. The maximum atomic E-state index is 11.9. The molecule has 0 aromatic heterocycles. The zero-order chi connectivity index (χ0) is 14.0. The van der Waals surface area contributed by atoms with Gasteiger partial charge in [-0.15, -0.1) is 0 Å². The fourth-order valence-corrected chi connectivity index (χ4v) is 1.85. The van der Waals surface area contributed by atoms with Gasteiger partial charge in [-0.3, -0.25) is 4.79 Å². The topological polar surface area (TPSA) is 95.6 Å². The second-order valence-corrected chi connectivity index (χ2v) is 4.75. The Morgan fingerprint density at radius 3 is 2.47 bits per heavy atom. The number of benzene rings is 2. The van der Waals surface area contributed by atoms with Crippen LogP contribution in [-0.2, 0) is 0 Å². The Morgan fingerprint density at radius 1 is 1.11 bits per heavy atom. The van der Waals surface area contributed by atoms with Gasteiger partial charge in [-0.25, -0.2) is 0 Å². The van der Waals surface area contributed by atoms with E-state index in [4.69, 9.17) is 5.73 Å². The molecular weight excluding hydrogens is 312 g/mol. The molecule has 0 spiro atoms. The lowest BCUT2D eigenvalue weighted by atomic mass is 10.2. The van der Waals surface area contributed by atoms with Crippen LogP contribution in [0.4, 0.5) is 11.4 Å². The van der Waals surface area contributed by atoms with Gasteiger partial charge < -0.3 is 21.3 Å². The molecule has 0 saturated carbocycles. The second-order valence-electron chi connectivity index (χ2n) is 3.89. The number of anilines is 2. The number of nitrogens with one attached hydrogen (secondary N) is 1. The third kappa shape index (κ3) is 2.97. The van der Waals surface area contributed by atoms with Crippen LogP contribution in [0.15, 0.2) is 40.9 Å². The number of nitrogens with two attached hydrogens (primary N) is 1. The van der Waals surface area contributed by atoms with Crippen molar-refractivity contribution >= 4 is 33.2 Å². The van der Waals surface area contributed by atoms with E-state index in [0.717, 1.165) is 0 Å². The number of nitrogen functional groups attached to an aromatic ring is 1. The number of hydrogen-bond donors (Lipinski definition) is 4. The summed E-state index contributed by atoms with van der Waals surface area (Å²) in [6.07, 6.45) is 0. The second kappa shape index (κ2) is 5.19. The zero-order valence-corrected chi connectivity index (χ0v) is 11.3. The van der Waals surface area contributed by atoms with Crippen LogP contribution in [-0.4, -0.2) is 16.1 Å². The van der Waals surface area contributed by atoms with E-state index in [9.17, 15) is 15.0 Å². The molecule has 0 fully saturated rings. The van der Waals surface area contributed by atoms with Gasteiger partial charge in [0.05, 0.1) is 0 Å². The Bertz CT molecular complexity index is 644. The minimum atomic E-state index is -0.396. The van der Waals surface area contributed by atoms with Crippen molar-refractivity contribution in [1.82, 2.24) is 0 Å². The molecule has 98 valence electrons. The average Bonchev–Trinajstić information content (AvgIpc) is 2.37. The summed E-state index contributed by atoms with van der Waals surface area (Å²) in [5, 5.41) is 21.2. The van der Waals surface area contributed by atoms with Crippen molar-refractivity contribution < 1.29 is 15.0 Å². The summed E-state index contributed by atoms with van der Waals surface area (Å²) in [5.74, 6) is -1.01. The van der Waals surface area contributed by atoms with E-state index >= 15 is 0 Å². The van der Waals surface area contributed by atoms with Gasteiger partial charge in [0, 0.05) is 21.4 Å². The van der Waals surface area contributed by atoms with Crippen molar-refractivity contribution in [3.8, 4) is 11.5 Å². The number of halogens is 1. The molecule has 2 aromatic rings. The maximum absolute atomic E-state index is 11.9.